The molecule has 0 atom stereocenters. The lowest BCUT2D eigenvalue weighted by Gasteiger charge is -2.07. The predicted octanol–water partition coefficient (Wildman–Crippen LogP) is 3.63. The minimum absolute atomic E-state index is 0.105. The van der Waals surface area contributed by atoms with Crippen molar-refractivity contribution < 1.29 is 22.1 Å². The fourth-order valence-electron chi connectivity index (χ4n) is 2.50. The first kappa shape index (κ1) is 19.0. The molecule has 0 aliphatic rings. The van der Waals surface area contributed by atoms with Gasteiger partial charge in [-0.2, -0.15) is 8.42 Å². The second-order valence-corrected chi connectivity index (χ2v) is 7.58. The van der Waals surface area contributed by atoms with Crippen LogP contribution in [0.25, 0.3) is 10.9 Å². The van der Waals surface area contributed by atoms with Crippen molar-refractivity contribution in [3.63, 3.8) is 0 Å². The third kappa shape index (κ3) is 4.50. The molecule has 140 valence electrons. The Morgan fingerprint density at radius 1 is 1.04 bits per heavy atom. The first-order valence-electron chi connectivity index (χ1n) is 8.42. The Kier molecular flexibility index (Phi) is 5.53. The summed E-state index contributed by atoms with van der Waals surface area (Å²) >= 11 is 0. The lowest BCUT2D eigenvalue weighted by atomic mass is 10.1. The van der Waals surface area contributed by atoms with E-state index in [-0.39, 0.29) is 11.5 Å². The van der Waals surface area contributed by atoms with Crippen LogP contribution < -0.4 is 0 Å². The second kappa shape index (κ2) is 7.85. The first-order chi connectivity index (χ1) is 12.9. The fourth-order valence-corrected chi connectivity index (χ4v) is 3.38. The highest BCUT2D eigenvalue weighted by Gasteiger charge is 2.15. The van der Waals surface area contributed by atoms with E-state index in [1.165, 1.54) is 12.1 Å². The summed E-state index contributed by atoms with van der Waals surface area (Å²) in [6.07, 6.45) is 0. The highest BCUT2D eigenvalue weighted by molar-refractivity contribution is 7.86. The van der Waals surface area contributed by atoms with Crippen molar-refractivity contribution in [2.75, 3.05) is 6.61 Å². The first-order valence-corrected chi connectivity index (χ1v) is 9.83. The van der Waals surface area contributed by atoms with Crippen molar-refractivity contribution in [3.05, 3.63) is 71.4 Å². The van der Waals surface area contributed by atoms with E-state index >= 15 is 0 Å². The molecule has 1 heterocycles. The van der Waals surface area contributed by atoms with Gasteiger partial charge in [0.1, 0.15) is 6.61 Å². The number of aromatic nitrogens is 1. The van der Waals surface area contributed by atoms with Crippen LogP contribution in [0.3, 0.4) is 0 Å². The summed E-state index contributed by atoms with van der Waals surface area (Å²) in [5.41, 5.74) is 2.52. The summed E-state index contributed by atoms with van der Waals surface area (Å²) in [5.74, 6) is -0.393. The molecule has 0 unspecified atom stereocenters. The molecule has 3 rings (SSSR count). The van der Waals surface area contributed by atoms with Gasteiger partial charge in [-0.25, -0.2) is 4.79 Å². The van der Waals surface area contributed by atoms with Gasteiger partial charge in [-0.1, -0.05) is 23.8 Å². The van der Waals surface area contributed by atoms with E-state index in [4.69, 9.17) is 8.92 Å². The molecule has 0 saturated carbocycles. The molecule has 0 bridgehead atoms. The van der Waals surface area contributed by atoms with Gasteiger partial charge in [-0.15, -0.1) is 0 Å². The van der Waals surface area contributed by atoms with Crippen LogP contribution in [-0.2, 0) is 25.6 Å². The van der Waals surface area contributed by atoms with Crippen LogP contribution in [0.1, 0.15) is 28.5 Å². The van der Waals surface area contributed by atoms with Gasteiger partial charge in [-0.05, 0) is 50.2 Å². The van der Waals surface area contributed by atoms with Crippen molar-refractivity contribution in [2.45, 2.75) is 25.3 Å². The highest BCUT2D eigenvalue weighted by atomic mass is 32.2. The van der Waals surface area contributed by atoms with Gasteiger partial charge >= 0.3 is 5.97 Å². The summed E-state index contributed by atoms with van der Waals surface area (Å²) in [6.45, 7) is 3.76. The van der Waals surface area contributed by atoms with Crippen LogP contribution in [0, 0.1) is 6.92 Å². The molecule has 0 spiro atoms. The maximum Gasteiger partial charge on any atom is 0.338 e. The largest absolute Gasteiger partial charge is 0.462 e. The number of hydrogen-bond donors (Lipinski definition) is 0. The molecule has 0 aliphatic carbocycles. The van der Waals surface area contributed by atoms with E-state index in [1.54, 1.807) is 49.4 Å². The number of carbonyl (C=O) groups is 1. The normalized spacial score (nSPS) is 11.5. The van der Waals surface area contributed by atoms with Crippen LogP contribution in [0.5, 0.6) is 0 Å². The number of esters is 1. The molecule has 6 nitrogen and oxygen atoms in total. The number of aryl methyl sites for hydroxylation is 1. The Balaban J connectivity index is 1.76. The van der Waals surface area contributed by atoms with E-state index in [1.807, 2.05) is 6.92 Å². The molecule has 0 amide bonds. The van der Waals surface area contributed by atoms with E-state index in [9.17, 15) is 13.2 Å². The van der Waals surface area contributed by atoms with Crippen LogP contribution in [0.15, 0.2) is 59.5 Å². The highest BCUT2D eigenvalue weighted by Crippen LogP contribution is 2.18. The van der Waals surface area contributed by atoms with Crippen molar-refractivity contribution in [1.82, 2.24) is 4.98 Å². The minimum atomic E-state index is -3.85. The number of fused-ring (bicyclic) bond motifs is 1. The van der Waals surface area contributed by atoms with Gasteiger partial charge in [0.05, 0.1) is 28.3 Å². The molecule has 0 aliphatic heterocycles. The maximum absolute atomic E-state index is 12.3. The summed E-state index contributed by atoms with van der Waals surface area (Å²) in [7, 11) is -3.85. The number of carbonyl (C=O) groups excluding carboxylic acids is 1. The molecule has 0 saturated heterocycles. The molecule has 0 N–H and O–H groups in total. The van der Waals surface area contributed by atoms with E-state index in [2.05, 4.69) is 4.98 Å². The Morgan fingerprint density at radius 3 is 2.48 bits per heavy atom. The maximum atomic E-state index is 12.3. The Labute approximate surface area is 157 Å². The molecular formula is C20H19NO5S. The van der Waals surface area contributed by atoms with Crippen molar-refractivity contribution in [3.8, 4) is 0 Å². The summed E-state index contributed by atoms with van der Waals surface area (Å²) in [6, 6.07) is 14.9. The average molecular weight is 385 g/mol. The second-order valence-electron chi connectivity index (χ2n) is 5.96. The number of benzene rings is 2. The van der Waals surface area contributed by atoms with Gasteiger partial charge in [0, 0.05) is 5.39 Å². The summed E-state index contributed by atoms with van der Waals surface area (Å²) in [4.78, 5) is 16.3. The van der Waals surface area contributed by atoms with Gasteiger partial charge in [0.2, 0.25) is 0 Å². The van der Waals surface area contributed by atoms with Crippen molar-refractivity contribution in [2.24, 2.45) is 0 Å². The van der Waals surface area contributed by atoms with Crippen LogP contribution in [0.2, 0.25) is 0 Å². The van der Waals surface area contributed by atoms with Crippen LogP contribution >= 0.6 is 0 Å². The molecule has 3 aromatic rings. The van der Waals surface area contributed by atoms with Gasteiger partial charge in [0.25, 0.3) is 10.1 Å². The summed E-state index contributed by atoms with van der Waals surface area (Å²) < 4.78 is 34.6. The SMILES string of the molecule is CCOC(=O)c1ccc2nc(COS(=O)(=O)c3ccc(C)cc3)ccc2c1. The monoisotopic (exact) mass is 385 g/mol. The topological polar surface area (TPSA) is 82.6 Å². The number of ether oxygens (including phenoxy) is 1. The fraction of sp³-hybridized carbons (Fsp3) is 0.200. The van der Waals surface area contributed by atoms with Crippen LogP contribution in [0.4, 0.5) is 0 Å². The van der Waals surface area contributed by atoms with Gasteiger partial charge < -0.3 is 4.74 Å². The summed E-state index contributed by atoms with van der Waals surface area (Å²) in [5, 5.41) is 0.755. The lowest BCUT2D eigenvalue weighted by molar-refractivity contribution is 0.0526. The van der Waals surface area contributed by atoms with Crippen LogP contribution in [-0.4, -0.2) is 26.0 Å². The number of nitrogens with zero attached hydrogens (tertiary/aromatic N) is 1. The molecule has 7 heteroatoms. The Hall–Kier alpha value is -2.77. The predicted molar refractivity (Wildman–Crippen MR) is 101 cm³/mol. The van der Waals surface area contributed by atoms with E-state index in [0.29, 0.717) is 23.4 Å². The minimum Gasteiger partial charge on any atom is -0.462 e. The number of pyridine rings is 1. The zero-order valence-electron chi connectivity index (χ0n) is 15.0. The molecule has 27 heavy (non-hydrogen) atoms. The molecule has 0 fully saturated rings. The Morgan fingerprint density at radius 2 is 1.78 bits per heavy atom. The standard InChI is InChI=1S/C20H19NO5S/c1-3-25-20(22)16-7-11-19-15(12-16)6-8-17(21-19)13-26-27(23,24)18-9-4-14(2)5-10-18/h4-12H,3,13H2,1-2H3. The third-order valence-electron chi connectivity index (χ3n) is 3.93. The zero-order chi connectivity index (χ0) is 19.4. The molecular weight excluding hydrogens is 366 g/mol. The molecule has 0 radical (unpaired) electrons. The van der Waals surface area contributed by atoms with Gasteiger partial charge in [-0.3, -0.25) is 9.17 Å². The smallest absolute Gasteiger partial charge is 0.338 e. The number of hydrogen-bond acceptors (Lipinski definition) is 6. The zero-order valence-corrected chi connectivity index (χ0v) is 15.8. The number of rotatable bonds is 6. The quantitative estimate of drug-likeness (QED) is 0.476. The van der Waals surface area contributed by atoms with Crippen molar-refractivity contribution in [1.29, 1.82) is 0 Å². The Bertz CT molecular complexity index is 1080. The van der Waals surface area contributed by atoms with Gasteiger partial charge in [0.15, 0.2) is 0 Å². The van der Waals surface area contributed by atoms with E-state index < -0.39 is 16.1 Å². The average Bonchev–Trinajstić information content (AvgIpc) is 2.66. The molecule has 2 aromatic carbocycles. The third-order valence-corrected chi connectivity index (χ3v) is 5.21. The van der Waals surface area contributed by atoms with Crippen molar-refractivity contribution >= 4 is 27.0 Å². The lowest BCUT2D eigenvalue weighted by Crippen LogP contribution is -2.07. The van der Waals surface area contributed by atoms with E-state index in [0.717, 1.165) is 10.9 Å². The molecule has 1 aromatic heterocycles.